The first kappa shape index (κ1) is 21.8. The van der Waals surface area contributed by atoms with Crippen LogP contribution in [-0.4, -0.2) is 69.5 Å². The summed E-state index contributed by atoms with van der Waals surface area (Å²) in [6.07, 6.45) is 1.11. The molecule has 0 bridgehead atoms. The van der Waals surface area contributed by atoms with Crippen molar-refractivity contribution in [1.82, 2.24) is 15.3 Å². The number of carboxylic acid groups (broad SMARTS) is 2. The number of nitrogens with two attached hydrogens (primary N) is 1. The Morgan fingerprint density at radius 3 is 2.64 bits per heavy atom. The molecule has 3 heterocycles. The van der Waals surface area contributed by atoms with Crippen LogP contribution in [0.25, 0.3) is 0 Å². The SMILES string of the molecule is Nc1nc2c(c(=O)[nH]1)N1CN(c3ccc(C(=O)N[C@@H](CCC(=O)O)C(=O)O)cc3)CC1C=N2. The number of fused-ring (bicyclic) bond motifs is 3. The highest BCUT2D eigenvalue weighted by Crippen LogP contribution is 2.33. The molecular weight excluding hydrogens is 434 g/mol. The average Bonchev–Trinajstić information content (AvgIpc) is 3.20. The number of amides is 1. The van der Waals surface area contributed by atoms with E-state index < -0.39 is 23.9 Å². The van der Waals surface area contributed by atoms with Crippen molar-refractivity contribution in [3.63, 3.8) is 0 Å². The number of aliphatic carboxylic acids is 2. The molecule has 0 saturated carbocycles. The van der Waals surface area contributed by atoms with Crippen LogP contribution in [-0.2, 0) is 9.59 Å². The maximum Gasteiger partial charge on any atom is 0.326 e. The van der Waals surface area contributed by atoms with E-state index in [1.807, 2.05) is 9.80 Å². The van der Waals surface area contributed by atoms with Gasteiger partial charge in [-0.3, -0.25) is 19.4 Å². The Morgan fingerprint density at radius 2 is 1.97 bits per heavy atom. The number of H-pyrrole nitrogens is 1. The summed E-state index contributed by atoms with van der Waals surface area (Å²) in [7, 11) is 0. The van der Waals surface area contributed by atoms with E-state index in [0.29, 0.717) is 18.9 Å². The van der Waals surface area contributed by atoms with E-state index >= 15 is 0 Å². The summed E-state index contributed by atoms with van der Waals surface area (Å²) in [4.78, 5) is 61.5. The highest BCUT2D eigenvalue weighted by molar-refractivity contribution is 5.97. The maximum atomic E-state index is 12.4. The Bertz CT molecular complexity index is 1190. The zero-order valence-electron chi connectivity index (χ0n) is 17.3. The second-order valence-corrected chi connectivity index (χ2v) is 7.65. The molecule has 0 radical (unpaired) electrons. The van der Waals surface area contributed by atoms with Crippen molar-refractivity contribution in [3.8, 4) is 0 Å². The molecule has 4 rings (SSSR count). The molecule has 2 aliphatic heterocycles. The third kappa shape index (κ3) is 4.46. The van der Waals surface area contributed by atoms with E-state index in [1.165, 1.54) is 0 Å². The standard InChI is InChI=1S/C20H21N7O6/c21-20-24-16-15(18(31)25-20)27-9-26(8-12(27)7-22-16)11-3-1-10(2-4-11)17(30)23-13(19(32)33)5-6-14(28)29/h1-4,7,12-13H,5-6,8-9H2,(H,23,30)(H,28,29)(H,32,33)(H3,21,24,25,31)/t12?,13-/m0/s1. The number of nitrogens with zero attached hydrogens (tertiary/aromatic N) is 4. The number of carbonyl (C=O) groups excluding carboxylic acids is 1. The number of benzene rings is 1. The van der Waals surface area contributed by atoms with Crippen molar-refractivity contribution in [2.75, 3.05) is 28.7 Å². The molecule has 1 amide bonds. The molecule has 1 aromatic heterocycles. The van der Waals surface area contributed by atoms with Crippen LogP contribution in [0.5, 0.6) is 0 Å². The molecule has 1 aromatic carbocycles. The fourth-order valence-electron chi connectivity index (χ4n) is 3.79. The Hall–Kier alpha value is -4.42. The van der Waals surface area contributed by atoms with Gasteiger partial charge in [-0.1, -0.05) is 0 Å². The van der Waals surface area contributed by atoms with E-state index in [0.717, 1.165) is 5.69 Å². The summed E-state index contributed by atoms with van der Waals surface area (Å²) in [6.45, 7) is 0.939. The van der Waals surface area contributed by atoms with Gasteiger partial charge in [0.05, 0.1) is 12.7 Å². The highest BCUT2D eigenvalue weighted by Gasteiger charge is 2.35. The minimum atomic E-state index is -1.30. The van der Waals surface area contributed by atoms with Crippen molar-refractivity contribution in [2.45, 2.75) is 24.9 Å². The normalized spacial score (nSPS) is 17.3. The molecule has 0 spiro atoms. The Balaban J connectivity index is 1.45. The average molecular weight is 455 g/mol. The Kier molecular flexibility index (Phi) is 5.69. The van der Waals surface area contributed by atoms with Crippen LogP contribution in [0.2, 0.25) is 0 Å². The third-order valence-electron chi connectivity index (χ3n) is 5.43. The number of aromatic nitrogens is 2. The molecule has 2 aliphatic rings. The molecule has 0 aliphatic carbocycles. The first-order chi connectivity index (χ1) is 15.7. The Labute approximate surface area is 186 Å². The number of carbonyl (C=O) groups is 3. The molecular formula is C20H21N7O6. The molecule has 1 saturated heterocycles. The van der Waals surface area contributed by atoms with Crippen molar-refractivity contribution in [3.05, 3.63) is 40.2 Å². The summed E-state index contributed by atoms with van der Waals surface area (Å²) < 4.78 is 0. The predicted molar refractivity (Wildman–Crippen MR) is 118 cm³/mol. The van der Waals surface area contributed by atoms with E-state index in [4.69, 9.17) is 10.8 Å². The summed E-state index contributed by atoms with van der Waals surface area (Å²) in [5.74, 6) is -2.81. The number of anilines is 3. The van der Waals surface area contributed by atoms with Crippen molar-refractivity contribution in [2.24, 2.45) is 4.99 Å². The van der Waals surface area contributed by atoms with Gasteiger partial charge in [-0.2, -0.15) is 4.98 Å². The fraction of sp³-hybridized carbons (Fsp3) is 0.300. The van der Waals surface area contributed by atoms with Gasteiger partial charge < -0.3 is 31.1 Å². The molecule has 33 heavy (non-hydrogen) atoms. The molecule has 13 heteroatoms. The number of aromatic amines is 1. The largest absolute Gasteiger partial charge is 0.481 e. The van der Waals surface area contributed by atoms with E-state index in [9.17, 15) is 24.3 Å². The van der Waals surface area contributed by atoms with Crippen LogP contribution >= 0.6 is 0 Å². The topological polar surface area (TPSA) is 194 Å². The van der Waals surface area contributed by atoms with Gasteiger partial charge in [-0.25, -0.2) is 9.79 Å². The number of hydrogen-bond donors (Lipinski definition) is 5. The molecule has 1 unspecified atom stereocenters. The van der Waals surface area contributed by atoms with Crippen LogP contribution in [0.3, 0.4) is 0 Å². The fourth-order valence-corrected chi connectivity index (χ4v) is 3.79. The minimum Gasteiger partial charge on any atom is -0.481 e. The van der Waals surface area contributed by atoms with Gasteiger partial charge in [0.1, 0.15) is 6.04 Å². The lowest BCUT2D eigenvalue weighted by molar-refractivity contribution is -0.140. The van der Waals surface area contributed by atoms with Crippen LogP contribution < -0.4 is 26.4 Å². The quantitative estimate of drug-likeness (QED) is 0.372. The van der Waals surface area contributed by atoms with Gasteiger partial charge in [0.2, 0.25) is 5.95 Å². The predicted octanol–water partition coefficient (Wildman–Crippen LogP) is -0.231. The van der Waals surface area contributed by atoms with Crippen molar-refractivity contribution < 1.29 is 24.6 Å². The second-order valence-electron chi connectivity index (χ2n) is 7.65. The zero-order valence-corrected chi connectivity index (χ0v) is 17.3. The summed E-state index contributed by atoms with van der Waals surface area (Å²) >= 11 is 0. The number of rotatable bonds is 7. The van der Waals surface area contributed by atoms with Crippen LogP contribution in [0.4, 0.5) is 23.1 Å². The maximum absolute atomic E-state index is 12.4. The number of carboxylic acids is 2. The smallest absolute Gasteiger partial charge is 0.326 e. The van der Waals surface area contributed by atoms with Crippen LogP contribution in [0.15, 0.2) is 34.1 Å². The summed E-state index contributed by atoms with van der Waals surface area (Å²) in [5, 5.41) is 20.3. The van der Waals surface area contributed by atoms with E-state index in [1.54, 1.807) is 30.5 Å². The second kappa shape index (κ2) is 8.61. The van der Waals surface area contributed by atoms with Gasteiger partial charge in [-0.15, -0.1) is 0 Å². The number of nitrogen functional groups attached to an aromatic ring is 1. The lowest BCUT2D eigenvalue weighted by Crippen LogP contribution is -2.41. The molecule has 13 nitrogen and oxygen atoms in total. The third-order valence-corrected chi connectivity index (χ3v) is 5.43. The number of nitrogens with one attached hydrogen (secondary N) is 2. The van der Waals surface area contributed by atoms with Gasteiger partial charge in [0.25, 0.3) is 11.5 Å². The molecule has 2 atom stereocenters. The van der Waals surface area contributed by atoms with E-state index in [-0.39, 0.29) is 41.8 Å². The molecule has 172 valence electrons. The van der Waals surface area contributed by atoms with Crippen LogP contribution in [0, 0.1) is 0 Å². The zero-order chi connectivity index (χ0) is 23.7. The van der Waals surface area contributed by atoms with E-state index in [2.05, 4.69) is 20.3 Å². The van der Waals surface area contributed by atoms with Crippen molar-refractivity contribution in [1.29, 1.82) is 0 Å². The highest BCUT2D eigenvalue weighted by atomic mass is 16.4. The minimum absolute atomic E-state index is 0.00707. The number of hydrogen-bond acceptors (Lipinski definition) is 9. The van der Waals surface area contributed by atoms with Gasteiger partial charge >= 0.3 is 11.9 Å². The number of aliphatic imine (C=N–C) groups is 1. The summed E-state index contributed by atoms with van der Waals surface area (Å²) in [5.41, 5.74) is 6.59. The first-order valence-electron chi connectivity index (χ1n) is 10.0. The van der Waals surface area contributed by atoms with Gasteiger partial charge in [0.15, 0.2) is 11.5 Å². The first-order valence-corrected chi connectivity index (χ1v) is 10.0. The molecule has 6 N–H and O–H groups in total. The lowest BCUT2D eigenvalue weighted by Gasteiger charge is -2.25. The molecule has 1 fully saturated rings. The van der Waals surface area contributed by atoms with Crippen molar-refractivity contribution >= 4 is 47.2 Å². The lowest BCUT2D eigenvalue weighted by atomic mass is 10.1. The summed E-state index contributed by atoms with van der Waals surface area (Å²) in [6, 6.07) is 5.08. The monoisotopic (exact) mass is 455 g/mol. The molecule has 2 aromatic rings. The van der Waals surface area contributed by atoms with Gasteiger partial charge in [0, 0.05) is 30.4 Å². The van der Waals surface area contributed by atoms with Crippen LogP contribution in [0.1, 0.15) is 23.2 Å². The Morgan fingerprint density at radius 1 is 1.24 bits per heavy atom. The van der Waals surface area contributed by atoms with Gasteiger partial charge in [-0.05, 0) is 30.7 Å².